The van der Waals surface area contributed by atoms with Crippen LogP contribution in [0.3, 0.4) is 0 Å². The molecule has 3 aromatic rings. The molecule has 2 aliphatic rings. The van der Waals surface area contributed by atoms with E-state index in [0.717, 1.165) is 24.8 Å². The van der Waals surface area contributed by atoms with Crippen molar-refractivity contribution in [1.29, 1.82) is 0 Å². The third-order valence-corrected chi connectivity index (χ3v) is 6.02. The smallest absolute Gasteiger partial charge is 0.257 e. The molecule has 1 saturated heterocycles. The molecule has 7 nitrogen and oxygen atoms in total. The van der Waals surface area contributed by atoms with Crippen molar-refractivity contribution in [3.8, 4) is 11.4 Å². The molecule has 0 unspecified atom stereocenters. The standard InChI is InChI=1S/C20H20N4O3/c1-13-16(6-9-26-13)18(25)24-11-15-5-2-7-20(15,12-24)19-22-17(23-27-19)14-4-3-8-21-10-14/h3-4,6,8-10,15H,2,5,7,11-12H2,1H3/t15-,20-/m1/s1. The lowest BCUT2D eigenvalue weighted by molar-refractivity contribution is 0.0773. The zero-order valence-corrected chi connectivity index (χ0v) is 15.1. The van der Waals surface area contributed by atoms with Gasteiger partial charge in [0.15, 0.2) is 0 Å². The van der Waals surface area contributed by atoms with Crippen LogP contribution in [0.4, 0.5) is 0 Å². The van der Waals surface area contributed by atoms with E-state index in [9.17, 15) is 4.79 Å². The van der Waals surface area contributed by atoms with Gasteiger partial charge in [0.1, 0.15) is 5.76 Å². The maximum atomic E-state index is 13.0. The van der Waals surface area contributed by atoms with E-state index in [2.05, 4.69) is 10.1 Å². The Bertz CT molecular complexity index is 980. The van der Waals surface area contributed by atoms with Gasteiger partial charge in [-0.05, 0) is 43.9 Å². The quantitative estimate of drug-likeness (QED) is 0.709. The number of likely N-dealkylation sites (tertiary alicyclic amines) is 1. The highest BCUT2D eigenvalue weighted by atomic mass is 16.5. The highest BCUT2D eigenvalue weighted by molar-refractivity contribution is 5.95. The highest BCUT2D eigenvalue weighted by Gasteiger charge is 2.55. The molecule has 27 heavy (non-hydrogen) atoms. The van der Waals surface area contributed by atoms with E-state index in [0.29, 0.717) is 42.0 Å². The van der Waals surface area contributed by atoms with Gasteiger partial charge in [-0.15, -0.1) is 0 Å². The van der Waals surface area contributed by atoms with Gasteiger partial charge in [-0.3, -0.25) is 9.78 Å². The van der Waals surface area contributed by atoms with E-state index in [1.54, 1.807) is 24.7 Å². The molecule has 1 aliphatic carbocycles. The van der Waals surface area contributed by atoms with Crippen LogP contribution >= 0.6 is 0 Å². The summed E-state index contributed by atoms with van der Waals surface area (Å²) < 4.78 is 11.0. The fourth-order valence-electron chi connectivity index (χ4n) is 4.61. The SMILES string of the molecule is Cc1occc1C(=O)N1C[C@H]2CCC[C@@]2(c2nc(-c3cccnc3)no2)C1. The zero-order valence-electron chi connectivity index (χ0n) is 15.1. The van der Waals surface area contributed by atoms with E-state index < -0.39 is 0 Å². The minimum atomic E-state index is -0.249. The number of hydrogen-bond acceptors (Lipinski definition) is 6. The summed E-state index contributed by atoms with van der Waals surface area (Å²) in [5.41, 5.74) is 1.21. The van der Waals surface area contributed by atoms with Crippen LogP contribution in [0.5, 0.6) is 0 Å². The number of aromatic nitrogens is 3. The molecule has 0 bridgehead atoms. The Labute approximate surface area is 156 Å². The molecule has 0 radical (unpaired) electrons. The fraction of sp³-hybridized carbons (Fsp3) is 0.400. The van der Waals surface area contributed by atoms with Crippen LogP contribution in [0.1, 0.15) is 41.3 Å². The van der Waals surface area contributed by atoms with Gasteiger partial charge in [-0.25, -0.2) is 0 Å². The monoisotopic (exact) mass is 364 g/mol. The van der Waals surface area contributed by atoms with Crippen molar-refractivity contribution in [2.24, 2.45) is 5.92 Å². The molecule has 1 aliphatic heterocycles. The van der Waals surface area contributed by atoms with E-state index in [1.165, 1.54) is 0 Å². The number of fused-ring (bicyclic) bond motifs is 1. The Hall–Kier alpha value is -2.96. The summed E-state index contributed by atoms with van der Waals surface area (Å²) in [6, 6.07) is 5.51. The molecular formula is C20H20N4O3. The number of pyridine rings is 1. The first-order chi connectivity index (χ1) is 13.2. The van der Waals surface area contributed by atoms with Crippen LogP contribution < -0.4 is 0 Å². The summed E-state index contributed by atoms with van der Waals surface area (Å²) in [7, 11) is 0. The predicted molar refractivity (Wildman–Crippen MR) is 95.9 cm³/mol. The molecule has 1 saturated carbocycles. The van der Waals surface area contributed by atoms with Gasteiger partial charge in [0.2, 0.25) is 11.7 Å². The summed E-state index contributed by atoms with van der Waals surface area (Å²) in [5, 5.41) is 4.18. The van der Waals surface area contributed by atoms with E-state index in [1.807, 2.05) is 24.0 Å². The largest absolute Gasteiger partial charge is 0.469 e. The third-order valence-electron chi connectivity index (χ3n) is 6.02. The molecule has 138 valence electrons. The second-order valence-electron chi connectivity index (χ2n) is 7.49. The summed E-state index contributed by atoms with van der Waals surface area (Å²) in [6.07, 6.45) is 8.15. The number of rotatable bonds is 3. The average molecular weight is 364 g/mol. The van der Waals surface area contributed by atoms with E-state index in [-0.39, 0.29) is 11.3 Å². The Morgan fingerprint density at radius 2 is 2.30 bits per heavy atom. The molecule has 0 N–H and O–H groups in total. The Morgan fingerprint density at radius 3 is 3.07 bits per heavy atom. The third kappa shape index (κ3) is 2.49. The zero-order chi connectivity index (χ0) is 18.4. The average Bonchev–Trinajstić information content (AvgIpc) is 3.44. The van der Waals surface area contributed by atoms with E-state index in [4.69, 9.17) is 13.9 Å². The number of nitrogens with zero attached hydrogens (tertiary/aromatic N) is 4. The van der Waals surface area contributed by atoms with Crippen LogP contribution in [-0.4, -0.2) is 39.0 Å². The van der Waals surface area contributed by atoms with E-state index >= 15 is 0 Å². The first-order valence-electron chi connectivity index (χ1n) is 9.25. The van der Waals surface area contributed by atoms with Gasteiger partial charge in [0.25, 0.3) is 5.91 Å². The van der Waals surface area contributed by atoms with Crippen molar-refractivity contribution in [2.45, 2.75) is 31.6 Å². The van der Waals surface area contributed by atoms with Crippen LogP contribution in [0.15, 0.2) is 45.8 Å². The lowest BCUT2D eigenvalue weighted by atomic mass is 9.80. The second-order valence-corrected chi connectivity index (χ2v) is 7.49. The van der Waals surface area contributed by atoms with Crippen molar-refractivity contribution in [1.82, 2.24) is 20.0 Å². The Morgan fingerprint density at radius 1 is 1.37 bits per heavy atom. The lowest BCUT2D eigenvalue weighted by Crippen LogP contribution is -2.35. The van der Waals surface area contributed by atoms with Crippen LogP contribution in [0, 0.1) is 12.8 Å². The predicted octanol–water partition coefficient (Wildman–Crippen LogP) is 3.23. The van der Waals surface area contributed by atoms with Gasteiger partial charge in [-0.2, -0.15) is 4.98 Å². The molecule has 3 aromatic heterocycles. The van der Waals surface area contributed by atoms with Gasteiger partial charge in [-0.1, -0.05) is 11.6 Å². The number of furan rings is 1. The van der Waals surface area contributed by atoms with Crippen molar-refractivity contribution >= 4 is 5.91 Å². The minimum absolute atomic E-state index is 0.0158. The maximum Gasteiger partial charge on any atom is 0.257 e. The van der Waals surface area contributed by atoms with Crippen LogP contribution in [0.25, 0.3) is 11.4 Å². The number of aryl methyl sites for hydroxylation is 1. The minimum Gasteiger partial charge on any atom is -0.469 e. The molecular weight excluding hydrogens is 344 g/mol. The number of amides is 1. The Balaban J connectivity index is 1.46. The molecule has 1 amide bonds. The van der Waals surface area contributed by atoms with Gasteiger partial charge in [0, 0.05) is 31.0 Å². The van der Waals surface area contributed by atoms with Gasteiger partial charge < -0.3 is 13.8 Å². The molecule has 4 heterocycles. The number of carbonyl (C=O) groups is 1. The molecule has 0 spiro atoms. The van der Waals surface area contributed by atoms with Crippen molar-refractivity contribution in [3.05, 3.63) is 54.1 Å². The first kappa shape index (κ1) is 16.2. The summed E-state index contributed by atoms with van der Waals surface area (Å²) >= 11 is 0. The fourth-order valence-corrected chi connectivity index (χ4v) is 4.61. The van der Waals surface area contributed by atoms with Crippen molar-refractivity contribution in [2.75, 3.05) is 13.1 Å². The molecule has 0 aromatic carbocycles. The van der Waals surface area contributed by atoms with Crippen LogP contribution in [-0.2, 0) is 5.41 Å². The first-order valence-corrected chi connectivity index (χ1v) is 9.25. The van der Waals surface area contributed by atoms with Crippen LogP contribution in [0.2, 0.25) is 0 Å². The van der Waals surface area contributed by atoms with Gasteiger partial charge in [0.05, 0.1) is 17.2 Å². The van der Waals surface area contributed by atoms with Crippen molar-refractivity contribution in [3.63, 3.8) is 0 Å². The summed E-state index contributed by atoms with van der Waals surface area (Å²) in [4.78, 5) is 23.7. The molecule has 2 fully saturated rings. The maximum absolute atomic E-state index is 13.0. The van der Waals surface area contributed by atoms with Gasteiger partial charge >= 0.3 is 0 Å². The molecule has 5 rings (SSSR count). The highest BCUT2D eigenvalue weighted by Crippen LogP contribution is 2.50. The summed E-state index contributed by atoms with van der Waals surface area (Å²) in [6.45, 7) is 3.14. The number of carbonyl (C=O) groups excluding carboxylic acids is 1. The summed E-state index contributed by atoms with van der Waals surface area (Å²) in [5.74, 6) is 2.21. The lowest BCUT2D eigenvalue weighted by Gasteiger charge is -2.24. The number of hydrogen-bond donors (Lipinski definition) is 0. The molecule has 7 heteroatoms. The second kappa shape index (κ2) is 6.04. The van der Waals surface area contributed by atoms with Crippen molar-refractivity contribution < 1.29 is 13.7 Å². The molecule has 2 atom stereocenters. The topological polar surface area (TPSA) is 85.3 Å². The Kier molecular flexibility index (Phi) is 3.63. The normalized spacial score (nSPS) is 24.3.